The number of benzene rings is 2. The third kappa shape index (κ3) is 2.60. The highest BCUT2D eigenvalue weighted by Gasteiger charge is 2.21. The number of carbonyl (C=O) groups excluding carboxylic acids is 1. The molecule has 0 spiro atoms. The molecule has 0 N–H and O–H groups in total. The van der Waals surface area contributed by atoms with E-state index in [0.717, 1.165) is 0 Å². The molecule has 0 aliphatic rings. The normalized spacial score (nSPS) is 10.2. The molecular weight excluding hydrogens is 299 g/mol. The number of carbonyl (C=O) groups is 1. The molecule has 0 atom stereocenters. The molecule has 2 aromatic carbocycles. The smallest absolute Gasteiger partial charge is 0.198 e. The molecule has 0 saturated heterocycles. The van der Waals surface area contributed by atoms with Crippen LogP contribution in [0.2, 0.25) is 10.0 Å². The van der Waals surface area contributed by atoms with E-state index < -0.39 is 0 Å². The zero-order valence-corrected chi connectivity index (χ0v) is 12.5. The molecule has 3 nitrogen and oxygen atoms in total. The lowest BCUT2D eigenvalue weighted by Crippen LogP contribution is -2.05. The van der Waals surface area contributed by atoms with Gasteiger partial charge < -0.3 is 9.47 Å². The van der Waals surface area contributed by atoms with E-state index in [1.165, 1.54) is 14.2 Å². The predicted molar refractivity (Wildman–Crippen MR) is 79.4 cm³/mol. The zero-order valence-electron chi connectivity index (χ0n) is 10.9. The molecule has 20 heavy (non-hydrogen) atoms. The Bertz CT molecular complexity index is 654. The fourth-order valence-electron chi connectivity index (χ4n) is 1.86. The van der Waals surface area contributed by atoms with Crippen LogP contribution < -0.4 is 9.47 Å². The Morgan fingerprint density at radius 2 is 1.65 bits per heavy atom. The van der Waals surface area contributed by atoms with E-state index in [1.54, 1.807) is 36.4 Å². The van der Waals surface area contributed by atoms with Crippen LogP contribution in [0.5, 0.6) is 11.5 Å². The maximum absolute atomic E-state index is 12.5. The van der Waals surface area contributed by atoms with Crippen molar-refractivity contribution in [1.82, 2.24) is 0 Å². The average Bonchev–Trinajstić information content (AvgIpc) is 2.46. The highest BCUT2D eigenvalue weighted by Crippen LogP contribution is 2.38. The number of rotatable bonds is 4. The van der Waals surface area contributed by atoms with Gasteiger partial charge in [0.25, 0.3) is 0 Å². The van der Waals surface area contributed by atoms with Crippen LogP contribution in [-0.4, -0.2) is 20.0 Å². The van der Waals surface area contributed by atoms with E-state index in [2.05, 4.69) is 0 Å². The minimum atomic E-state index is -0.253. The summed E-state index contributed by atoms with van der Waals surface area (Å²) in [5.41, 5.74) is 0.736. The summed E-state index contributed by atoms with van der Waals surface area (Å²) in [6.45, 7) is 0. The molecule has 0 fully saturated rings. The van der Waals surface area contributed by atoms with Crippen LogP contribution in [0.4, 0.5) is 0 Å². The van der Waals surface area contributed by atoms with E-state index in [9.17, 15) is 4.79 Å². The third-order valence-corrected chi connectivity index (χ3v) is 3.54. The van der Waals surface area contributed by atoms with Gasteiger partial charge in [-0.1, -0.05) is 35.3 Å². The van der Waals surface area contributed by atoms with E-state index in [4.69, 9.17) is 32.7 Å². The highest BCUT2D eigenvalue weighted by atomic mass is 35.5. The minimum absolute atomic E-state index is 0.253. The van der Waals surface area contributed by atoms with Gasteiger partial charge >= 0.3 is 0 Å². The minimum Gasteiger partial charge on any atom is -0.495 e. The Morgan fingerprint density at radius 1 is 0.950 bits per heavy atom. The van der Waals surface area contributed by atoms with Crippen molar-refractivity contribution in [3.8, 4) is 11.5 Å². The van der Waals surface area contributed by atoms with Crippen LogP contribution in [-0.2, 0) is 0 Å². The van der Waals surface area contributed by atoms with E-state index in [0.29, 0.717) is 21.9 Å². The summed E-state index contributed by atoms with van der Waals surface area (Å²) >= 11 is 12.2. The van der Waals surface area contributed by atoms with Crippen LogP contribution in [0.3, 0.4) is 0 Å². The SMILES string of the molecule is COc1ccc(C(=O)c2ccccc2Cl)c(OC)c1Cl. The van der Waals surface area contributed by atoms with Crippen LogP contribution in [0, 0.1) is 0 Å². The second-order valence-corrected chi connectivity index (χ2v) is 4.76. The van der Waals surface area contributed by atoms with Gasteiger partial charge in [0.1, 0.15) is 10.8 Å². The summed E-state index contributed by atoms with van der Waals surface area (Å²) in [4.78, 5) is 12.5. The lowest BCUT2D eigenvalue weighted by molar-refractivity contribution is 0.103. The number of halogens is 2. The van der Waals surface area contributed by atoms with Gasteiger partial charge in [0, 0.05) is 5.56 Å². The van der Waals surface area contributed by atoms with Crippen molar-refractivity contribution in [3.05, 3.63) is 57.6 Å². The Balaban J connectivity index is 2.56. The molecule has 0 aliphatic heterocycles. The van der Waals surface area contributed by atoms with E-state index >= 15 is 0 Å². The van der Waals surface area contributed by atoms with Crippen LogP contribution in [0.25, 0.3) is 0 Å². The first kappa shape index (κ1) is 14.7. The van der Waals surface area contributed by atoms with Gasteiger partial charge in [-0.3, -0.25) is 4.79 Å². The van der Waals surface area contributed by atoms with E-state index in [1.807, 2.05) is 0 Å². The first-order chi connectivity index (χ1) is 9.60. The van der Waals surface area contributed by atoms with Crippen molar-refractivity contribution in [3.63, 3.8) is 0 Å². The first-order valence-corrected chi connectivity index (χ1v) is 6.55. The van der Waals surface area contributed by atoms with Gasteiger partial charge in [0.2, 0.25) is 0 Å². The Morgan fingerprint density at radius 3 is 2.25 bits per heavy atom. The summed E-state index contributed by atoms with van der Waals surface area (Å²) < 4.78 is 10.3. The van der Waals surface area contributed by atoms with Gasteiger partial charge in [0.05, 0.1) is 24.8 Å². The van der Waals surface area contributed by atoms with Gasteiger partial charge in [0.15, 0.2) is 11.5 Å². The molecule has 0 aromatic heterocycles. The quantitative estimate of drug-likeness (QED) is 0.792. The van der Waals surface area contributed by atoms with Crippen molar-refractivity contribution >= 4 is 29.0 Å². The van der Waals surface area contributed by atoms with Gasteiger partial charge in [-0.2, -0.15) is 0 Å². The molecule has 0 aliphatic carbocycles. The number of methoxy groups -OCH3 is 2. The molecule has 0 heterocycles. The van der Waals surface area contributed by atoms with Crippen molar-refractivity contribution in [2.75, 3.05) is 14.2 Å². The molecule has 0 bridgehead atoms. The average molecular weight is 311 g/mol. The summed E-state index contributed by atoms with van der Waals surface area (Å²) in [5.74, 6) is 0.465. The zero-order chi connectivity index (χ0) is 14.7. The van der Waals surface area contributed by atoms with Crippen molar-refractivity contribution in [2.24, 2.45) is 0 Å². The topological polar surface area (TPSA) is 35.5 Å². The summed E-state index contributed by atoms with van der Waals surface area (Å²) in [5, 5.41) is 0.638. The Kier molecular flexibility index (Phi) is 4.53. The number of ether oxygens (including phenoxy) is 2. The van der Waals surface area contributed by atoms with E-state index in [-0.39, 0.29) is 16.6 Å². The summed E-state index contributed by atoms with van der Waals surface area (Å²) in [6.07, 6.45) is 0. The molecule has 2 aromatic rings. The van der Waals surface area contributed by atoms with Crippen LogP contribution in [0.15, 0.2) is 36.4 Å². The standard InChI is InChI=1S/C15H12Cl2O3/c1-19-12-8-7-10(15(20-2)13(12)17)14(18)9-5-3-4-6-11(9)16/h3-8H,1-2H3. The highest BCUT2D eigenvalue weighted by molar-refractivity contribution is 6.36. The van der Waals surface area contributed by atoms with Crippen molar-refractivity contribution < 1.29 is 14.3 Å². The van der Waals surface area contributed by atoms with Gasteiger partial charge in [-0.05, 0) is 24.3 Å². The summed E-state index contributed by atoms with van der Waals surface area (Å²) in [6, 6.07) is 10.0. The first-order valence-electron chi connectivity index (χ1n) is 5.79. The third-order valence-electron chi connectivity index (χ3n) is 2.85. The molecule has 0 unspecified atom stereocenters. The van der Waals surface area contributed by atoms with Crippen LogP contribution >= 0.6 is 23.2 Å². The van der Waals surface area contributed by atoms with Crippen LogP contribution in [0.1, 0.15) is 15.9 Å². The largest absolute Gasteiger partial charge is 0.495 e. The maximum atomic E-state index is 12.5. The fraction of sp³-hybridized carbons (Fsp3) is 0.133. The summed E-state index contributed by atoms with van der Waals surface area (Å²) in [7, 11) is 2.94. The maximum Gasteiger partial charge on any atom is 0.198 e. The lowest BCUT2D eigenvalue weighted by atomic mass is 10.0. The number of hydrogen-bond acceptors (Lipinski definition) is 3. The Hall–Kier alpha value is -1.71. The number of hydrogen-bond donors (Lipinski definition) is 0. The predicted octanol–water partition coefficient (Wildman–Crippen LogP) is 4.24. The molecule has 0 saturated carbocycles. The molecule has 0 amide bonds. The van der Waals surface area contributed by atoms with Gasteiger partial charge in [-0.25, -0.2) is 0 Å². The van der Waals surface area contributed by atoms with Gasteiger partial charge in [-0.15, -0.1) is 0 Å². The van der Waals surface area contributed by atoms with Crippen molar-refractivity contribution in [2.45, 2.75) is 0 Å². The lowest BCUT2D eigenvalue weighted by Gasteiger charge is -2.12. The second kappa shape index (κ2) is 6.16. The monoisotopic (exact) mass is 310 g/mol. The second-order valence-electron chi connectivity index (χ2n) is 3.97. The Labute approximate surface area is 127 Å². The molecule has 5 heteroatoms. The molecular formula is C15H12Cl2O3. The fourth-order valence-corrected chi connectivity index (χ4v) is 2.41. The molecule has 2 rings (SSSR count). The number of ketones is 1. The molecule has 0 radical (unpaired) electrons. The van der Waals surface area contributed by atoms with Crippen molar-refractivity contribution in [1.29, 1.82) is 0 Å². The molecule has 104 valence electrons.